The molecule has 1 aromatic carbocycles. The van der Waals surface area contributed by atoms with Crippen LogP contribution in [0.1, 0.15) is 55.6 Å². The summed E-state index contributed by atoms with van der Waals surface area (Å²) in [4.78, 5) is 2.54. The largest absolute Gasteiger partial charge is 0.454 e. The number of hydrogen-bond acceptors (Lipinski definition) is 6. The Balaban J connectivity index is 1.40. The Labute approximate surface area is 176 Å². The van der Waals surface area contributed by atoms with Crippen LogP contribution >= 0.6 is 0 Å². The summed E-state index contributed by atoms with van der Waals surface area (Å²) in [5.41, 5.74) is 4.37. The van der Waals surface area contributed by atoms with E-state index in [9.17, 15) is 0 Å². The van der Waals surface area contributed by atoms with Gasteiger partial charge in [-0.05, 0) is 51.4 Å². The summed E-state index contributed by atoms with van der Waals surface area (Å²) < 4.78 is 18.7. The molecule has 0 amide bonds. The Hall–Kier alpha value is -2.80. The number of likely N-dealkylation sites (tertiary alicyclic amines) is 1. The molecule has 0 bridgehead atoms. The molecule has 1 unspecified atom stereocenters. The van der Waals surface area contributed by atoms with Crippen LogP contribution in [0, 0.1) is 6.92 Å². The van der Waals surface area contributed by atoms with Gasteiger partial charge in [0.05, 0.1) is 11.7 Å². The molecular formula is C23H28N4O3. The predicted octanol–water partition coefficient (Wildman–Crippen LogP) is 4.71. The quantitative estimate of drug-likeness (QED) is 0.609. The van der Waals surface area contributed by atoms with Gasteiger partial charge in [-0.2, -0.15) is 5.10 Å². The Bertz CT molecular complexity index is 1030. The third kappa shape index (κ3) is 3.69. The average Bonchev–Trinajstić information content (AvgIpc) is 3.46. The van der Waals surface area contributed by atoms with Crippen LogP contribution in [0.5, 0.6) is 11.5 Å². The molecule has 158 valence electrons. The Morgan fingerprint density at radius 2 is 2.00 bits per heavy atom. The Morgan fingerprint density at radius 3 is 2.87 bits per heavy atom. The fourth-order valence-corrected chi connectivity index (χ4v) is 4.42. The van der Waals surface area contributed by atoms with Gasteiger partial charge in [0, 0.05) is 36.5 Å². The van der Waals surface area contributed by atoms with Crippen molar-refractivity contribution in [3.05, 3.63) is 47.4 Å². The van der Waals surface area contributed by atoms with E-state index in [1.165, 1.54) is 24.8 Å². The smallest absolute Gasteiger partial charge is 0.231 e. The summed E-state index contributed by atoms with van der Waals surface area (Å²) in [5, 5.41) is 9.10. The highest BCUT2D eigenvalue weighted by molar-refractivity contribution is 5.63. The second kappa shape index (κ2) is 8.14. The van der Waals surface area contributed by atoms with Crippen LogP contribution in [-0.2, 0) is 13.1 Å². The SMILES string of the molecule is CCn1cc(CN2CCCCCC2c2cc(-c3ccc4c(c3)OCO4)on2)c(C)n1. The van der Waals surface area contributed by atoms with E-state index in [0.717, 1.165) is 60.3 Å². The molecular weight excluding hydrogens is 380 g/mol. The number of aromatic nitrogens is 3. The predicted molar refractivity (Wildman–Crippen MR) is 112 cm³/mol. The molecule has 1 fully saturated rings. The molecule has 0 N–H and O–H groups in total. The number of nitrogens with zero attached hydrogens (tertiary/aromatic N) is 4. The van der Waals surface area contributed by atoms with Gasteiger partial charge in [0.1, 0.15) is 5.69 Å². The lowest BCUT2D eigenvalue weighted by Crippen LogP contribution is -2.28. The maximum absolute atomic E-state index is 5.76. The normalized spacial score (nSPS) is 19.2. The molecule has 0 aliphatic carbocycles. The summed E-state index contributed by atoms with van der Waals surface area (Å²) in [7, 11) is 0. The Morgan fingerprint density at radius 1 is 1.10 bits per heavy atom. The topological polar surface area (TPSA) is 65.5 Å². The summed E-state index contributed by atoms with van der Waals surface area (Å²) in [6.07, 6.45) is 6.95. The molecule has 1 atom stereocenters. The molecule has 4 heterocycles. The lowest BCUT2D eigenvalue weighted by molar-refractivity contribution is 0.174. The number of fused-ring (bicyclic) bond motifs is 1. The van der Waals surface area contributed by atoms with E-state index in [4.69, 9.17) is 14.0 Å². The van der Waals surface area contributed by atoms with E-state index in [2.05, 4.69) is 41.3 Å². The number of aryl methyl sites for hydroxylation is 2. The van der Waals surface area contributed by atoms with Gasteiger partial charge < -0.3 is 14.0 Å². The highest BCUT2D eigenvalue weighted by atomic mass is 16.7. The number of benzene rings is 1. The first-order valence-corrected chi connectivity index (χ1v) is 10.8. The lowest BCUT2D eigenvalue weighted by Gasteiger charge is -2.28. The lowest BCUT2D eigenvalue weighted by atomic mass is 10.0. The first-order valence-electron chi connectivity index (χ1n) is 10.8. The van der Waals surface area contributed by atoms with Crippen LogP contribution in [0.3, 0.4) is 0 Å². The highest BCUT2D eigenvalue weighted by Gasteiger charge is 2.27. The third-order valence-electron chi connectivity index (χ3n) is 6.14. The molecule has 0 saturated carbocycles. The zero-order chi connectivity index (χ0) is 20.5. The summed E-state index contributed by atoms with van der Waals surface area (Å²) in [6.45, 7) is 7.34. The van der Waals surface area contributed by atoms with Crippen molar-refractivity contribution < 1.29 is 14.0 Å². The molecule has 2 aromatic heterocycles. The maximum atomic E-state index is 5.76. The molecule has 7 heteroatoms. The van der Waals surface area contributed by atoms with E-state index in [-0.39, 0.29) is 12.8 Å². The third-order valence-corrected chi connectivity index (χ3v) is 6.14. The standard InChI is InChI=1S/C23H28N4O3/c1-3-27-14-18(16(2)24-27)13-26-10-6-4-5-7-20(26)19-12-22(30-25-19)17-8-9-21-23(11-17)29-15-28-21/h8-9,11-12,14,20H,3-7,10,13,15H2,1-2H3. The minimum atomic E-state index is 0.253. The van der Waals surface area contributed by atoms with Crippen LogP contribution in [0.25, 0.3) is 11.3 Å². The first kappa shape index (κ1) is 19.2. The zero-order valence-electron chi connectivity index (χ0n) is 17.6. The van der Waals surface area contributed by atoms with Gasteiger partial charge in [-0.25, -0.2) is 0 Å². The van der Waals surface area contributed by atoms with Crippen molar-refractivity contribution in [2.45, 2.75) is 58.7 Å². The Kier molecular flexibility index (Phi) is 5.21. The summed E-state index contributed by atoms with van der Waals surface area (Å²) in [6, 6.07) is 8.21. The van der Waals surface area contributed by atoms with Crippen LogP contribution in [0.2, 0.25) is 0 Å². The minimum absolute atomic E-state index is 0.253. The molecule has 3 aromatic rings. The van der Waals surface area contributed by atoms with Crippen molar-refractivity contribution >= 4 is 0 Å². The van der Waals surface area contributed by atoms with Crippen molar-refractivity contribution in [1.29, 1.82) is 0 Å². The zero-order valence-corrected chi connectivity index (χ0v) is 17.6. The fraction of sp³-hybridized carbons (Fsp3) is 0.478. The molecule has 0 spiro atoms. The van der Waals surface area contributed by atoms with Crippen molar-refractivity contribution in [1.82, 2.24) is 19.8 Å². The molecule has 0 radical (unpaired) electrons. The number of ether oxygens (including phenoxy) is 2. The molecule has 2 aliphatic heterocycles. The molecule has 7 nitrogen and oxygen atoms in total. The van der Waals surface area contributed by atoms with E-state index in [0.29, 0.717) is 0 Å². The molecule has 5 rings (SSSR count). The van der Waals surface area contributed by atoms with Gasteiger partial charge >= 0.3 is 0 Å². The van der Waals surface area contributed by atoms with Crippen LogP contribution in [0.4, 0.5) is 0 Å². The monoisotopic (exact) mass is 408 g/mol. The van der Waals surface area contributed by atoms with Gasteiger partial charge in [-0.1, -0.05) is 18.0 Å². The van der Waals surface area contributed by atoms with Crippen LogP contribution in [0.15, 0.2) is 35.0 Å². The minimum Gasteiger partial charge on any atom is -0.454 e. The van der Waals surface area contributed by atoms with E-state index in [1.807, 2.05) is 22.9 Å². The van der Waals surface area contributed by atoms with E-state index in [1.54, 1.807) is 0 Å². The first-order chi connectivity index (χ1) is 14.7. The van der Waals surface area contributed by atoms with Crippen molar-refractivity contribution in [3.63, 3.8) is 0 Å². The molecule has 1 saturated heterocycles. The van der Waals surface area contributed by atoms with Gasteiger partial charge in [-0.3, -0.25) is 9.58 Å². The summed E-state index contributed by atoms with van der Waals surface area (Å²) >= 11 is 0. The average molecular weight is 409 g/mol. The van der Waals surface area contributed by atoms with Crippen molar-refractivity contribution in [3.8, 4) is 22.8 Å². The van der Waals surface area contributed by atoms with Crippen LogP contribution in [-0.4, -0.2) is 33.2 Å². The van der Waals surface area contributed by atoms with Gasteiger partial charge in [-0.15, -0.1) is 0 Å². The van der Waals surface area contributed by atoms with Crippen molar-refractivity contribution in [2.75, 3.05) is 13.3 Å². The second-order valence-electron chi connectivity index (χ2n) is 8.12. The second-order valence-corrected chi connectivity index (χ2v) is 8.12. The van der Waals surface area contributed by atoms with Gasteiger partial charge in [0.2, 0.25) is 6.79 Å². The maximum Gasteiger partial charge on any atom is 0.231 e. The summed E-state index contributed by atoms with van der Waals surface area (Å²) in [5.74, 6) is 2.30. The number of rotatable bonds is 5. The van der Waals surface area contributed by atoms with Gasteiger partial charge in [0.25, 0.3) is 0 Å². The van der Waals surface area contributed by atoms with E-state index < -0.39 is 0 Å². The van der Waals surface area contributed by atoms with E-state index >= 15 is 0 Å². The number of hydrogen-bond donors (Lipinski definition) is 0. The fourth-order valence-electron chi connectivity index (χ4n) is 4.42. The molecule has 30 heavy (non-hydrogen) atoms. The van der Waals surface area contributed by atoms with Crippen LogP contribution < -0.4 is 9.47 Å². The highest BCUT2D eigenvalue weighted by Crippen LogP contribution is 2.38. The molecule has 2 aliphatic rings. The van der Waals surface area contributed by atoms with Gasteiger partial charge in [0.15, 0.2) is 17.3 Å². The van der Waals surface area contributed by atoms with Crippen molar-refractivity contribution in [2.24, 2.45) is 0 Å².